The summed E-state index contributed by atoms with van der Waals surface area (Å²) < 4.78 is 33.0. The molecule has 0 fully saturated rings. The summed E-state index contributed by atoms with van der Waals surface area (Å²) in [7, 11) is 0. The molecule has 1 atom stereocenters. The Morgan fingerprint density at radius 2 is 1.88 bits per heavy atom. The lowest BCUT2D eigenvalue weighted by Gasteiger charge is -2.35. The highest BCUT2D eigenvalue weighted by molar-refractivity contribution is 7.13. The Labute approximate surface area is 185 Å². The average molecular weight is 450 g/mol. The molecular formula is C23H16F2N4O2S. The molecule has 1 aliphatic rings. The van der Waals surface area contributed by atoms with E-state index in [1.807, 2.05) is 47.8 Å². The minimum Gasteiger partial charge on any atom is -0.334 e. The minimum absolute atomic E-state index is 0.181. The summed E-state index contributed by atoms with van der Waals surface area (Å²) in [6.07, 6.45) is 0. The second-order valence-electron chi connectivity index (χ2n) is 7.13. The van der Waals surface area contributed by atoms with Crippen molar-refractivity contribution in [2.45, 2.75) is 13.0 Å². The maximum Gasteiger partial charge on any atom is 0.327 e. The van der Waals surface area contributed by atoms with Crippen molar-refractivity contribution in [3.8, 4) is 10.7 Å². The lowest BCUT2D eigenvalue weighted by molar-refractivity contribution is 0.244. The summed E-state index contributed by atoms with van der Waals surface area (Å²) in [5.74, 6) is -1.38. The highest BCUT2D eigenvalue weighted by atomic mass is 32.1. The molecule has 0 aliphatic carbocycles. The molecule has 1 unspecified atom stereocenters. The fourth-order valence-corrected chi connectivity index (χ4v) is 4.34. The molecule has 2 aromatic carbocycles. The van der Waals surface area contributed by atoms with Crippen LogP contribution in [0.1, 0.15) is 24.4 Å². The number of benzene rings is 2. The van der Waals surface area contributed by atoms with Gasteiger partial charge in [-0.3, -0.25) is 4.90 Å². The maximum atomic E-state index is 13.9. The van der Waals surface area contributed by atoms with Crippen molar-refractivity contribution >= 4 is 28.6 Å². The first-order valence-electron chi connectivity index (χ1n) is 9.72. The number of aromatic nitrogens is 2. The van der Waals surface area contributed by atoms with Gasteiger partial charge in [0.05, 0.1) is 22.2 Å². The Morgan fingerprint density at radius 1 is 1.06 bits per heavy atom. The Hall–Kier alpha value is -3.85. The number of hydrogen-bond acceptors (Lipinski definition) is 5. The molecular weight excluding hydrogens is 434 g/mol. The van der Waals surface area contributed by atoms with E-state index in [4.69, 9.17) is 4.52 Å². The number of allylic oxidation sites excluding steroid dienone is 1. The third-order valence-corrected chi connectivity index (χ3v) is 6.04. The SMILES string of the molecule is CC1=C(c2nc(-c3cccs3)no2)C(c2ccccc2)NC(=O)N1c1ccc(F)c(F)c1. The highest BCUT2D eigenvalue weighted by Crippen LogP contribution is 2.39. The zero-order valence-corrected chi connectivity index (χ0v) is 17.6. The van der Waals surface area contributed by atoms with Gasteiger partial charge in [-0.05, 0) is 36.1 Å². The van der Waals surface area contributed by atoms with E-state index in [1.165, 1.54) is 22.3 Å². The van der Waals surface area contributed by atoms with Crippen LogP contribution < -0.4 is 10.2 Å². The number of nitrogens with one attached hydrogen (secondary N) is 1. The number of thiophene rings is 1. The molecule has 9 heteroatoms. The third kappa shape index (κ3) is 3.46. The van der Waals surface area contributed by atoms with E-state index < -0.39 is 23.7 Å². The number of hydrogen-bond donors (Lipinski definition) is 1. The maximum absolute atomic E-state index is 13.9. The molecule has 0 saturated carbocycles. The number of carbonyl (C=O) groups excluding carboxylic acids is 1. The summed E-state index contributed by atoms with van der Waals surface area (Å²) >= 11 is 1.48. The topological polar surface area (TPSA) is 71.3 Å². The van der Waals surface area contributed by atoms with Crippen LogP contribution in [0.2, 0.25) is 0 Å². The number of amides is 2. The Morgan fingerprint density at radius 3 is 2.59 bits per heavy atom. The summed E-state index contributed by atoms with van der Waals surface area (Å²) in [5, 5.41) is 8.93. The van der Waals surface area contributed by atoms with Crippen molar-refractivity contribution in [3.63, 3.8) is 0 Å². The van der Waals surface area contributed by atoms with Gasteiger partial charge in [0.2, 0.25) is 5.82 Å². The fraction of sp³-hybridized carbons (Fsp3) is 0.0870. The van der Waals surface area contributed by atoms with E-state index in [1.54, 1.807) is 6.92 Å². The first-order chi connectivity index (χ1) is 15.5. The van der Waals surface area contributed by atoms with Gasteiger partial charge >= 0.3 is 6.03 Å². The van der Waals surface area contributed by atoms with Gasteiger partial charge in [0.1, 0.15) is 0 Å². The lowest BCUT2D eigenvalue weighted by atomic mass is 9.94. The molecule has 32 heavy (non-hydrogen) atoms. The zero-order valence-electron chi connectivity index (χ0n) is 16.8. The number of rotatable bonds is 4. The van der Waals surface area contributed by atoms with Crippen LogP contribution in [0.15, 0.2) is 76.3 Å². The third-order valence-electron chi connectivity index (χ3n) is 5.18. The molecule has 0 spiro atoms. The van der Waals surface area contributed by atoms with E-state index in [0.717, 1.165) is 22.6 Å². The minimum atomic E-state index is -1.05. The van der Waals surface area contributed by atoms with E-state index in [0.29, 0.717) is 17.1 Å². The van der Waals surface area contributed by atoms with Crippen LogP contribution in [0, 0.1) is 11.6 Å². The number of carbonyl (C=O) groups is 1. The van der Waals surface area contributed by atoms with Gasteiger partial charge in [0.15, 0.2) is 11.6 Å². The molecule has 1 N–H and O–H groups in total. The molecule has 1 aliphatic heterocycles. The Kier molecular flexibility index (Phi) is 5.02. The number of anilines is 1. The van der Waals surface area contributed by atoms with E-state index in [9.17, 15) is 13.6 Å². The van der Waals surface area contributed by atoms with Gasteiger partial charge in [0.25, 0.3) is 5.89 Å². The zero-order chi connectivity index (χ0) is 22.2. The molecule has 5 rings (SSSR count). The first kappa shape index (κ1) is 20.1. The van der Waals surface area contributed by atoms with Crippen LogP contribution in [-0.4, -0.2) is 16.2 Å². The van der Waals surface area contributed by atoms with Gasteiger partial charge in [-0.2, -0.15) is 4.98 Å². The van der Waals surface area contributed by atoms with Gasteiger partial charge in [-0.1, -0.05) is 41.6 Å². The molecule has 0 saturated heterocycles. The highest BCUT2D eigenvalue weighted by Gasteiger charge is 2.36. The summed E-state index contributed by atoms with van der Waals surface area (Å²) in [5.41, 5.74) is 2.03. The average Bonchev–Trinajstić information content (AvgIpc) is 3.48. The number of urea groups is 1. The summed E-state index contributed by atoms with van der Waals surface area (Å²) in [6, 6.07) is 15.4. The quantitative estimate of drug-likeness (QED) is 0.428. The molecule has 2 amide bonds. The molecule has 6 nitrogen and oxygen atoms in total. The van der Waals surface area contributed by atoms with Crippen molar-refractivity contribution in [1.82, 2.24) is 15.5 Å². The van der Waals surface area contributed by atoms with Gasteiger partial charge in [-0.15, -0.1) is 11.3 Å². The van der Waals surface area contributed by atoms with Crippen LogP contribution in [-0.2, 0) is 0 Å². The standard InChI is InChI=1S/C23H16F2N4O2S/c1-13-19(22-27-21(28-31-22)18-8-5-11-32-18)20(14-6-3-2-4-7-14)26-23(30)29(13)15-9-10-16(24)17(25)12-15/h2-12,20H,1H3,(H,26,30). The van der Waals surface area contributed by atoms with Crippen LogP contribution in [0.4, 0.5) is 19.3 Å². The van der Waals surface area contributed by atoms with Gasteiger partial charge in [0, 0.05) is 11.8 Å². The Balaban J connectivity index is 1.67. The first-order valence-corrected chi connectivity index (χ1v) is 10.6. The molecule has 0 bridgehead atoms. The van der Waals surface area contributed by atoms with E-state index in [2.05, 4.69) is 15.5 Å². The van der Waals surface area contributed by atoms with E-state index in [-0.39, 0.29) is 11.6 Å². The van der Waals surface area contributed by atoms with Crippen LogP contribution in [0.3, 0.4) is 0 Å². The molecule has 160 valence electrons. The summed E-state index contributed by atoms with van der Waals surface area (Å²) in [4.78, 5) is 19.7. The predicted molar refractivity (Wildman–Crippen MR) is 117 cm³/mol. The van der Waals surface area contributed by atoms with Gasteiger partial charge in [-0.25, -0.2) is 13.6 Å². The largest absolute Gasteiger partial charge is 0.334 e. The number of halogens is 2. The summed E-state index contributed by atoms with van der Waals surface area (Å²) in [6.45, 7) is 1.71. The van der Waals surface area contributed by atoms with Crippen molar-refractivity contribution in [3.05, 3.63) is 94.8 Å². The van der Waals surface area contributed by atoms with Crippen molar-refractivity contribution < 1.29 is 18.1 Å². The van der Waals surface area contributed by atoms with Crippen LogP contribution >= 0.6 is 11.3 Å². The van der Waals surface area contributed by atoms with Gasteiger partial charge < -0.3 is 9.84 Å². The Bertz CT molecular complexity index is 1320. The van der Waals surface area contributed by atoms with E-state index >= 15 is 0 Å². The second-order valence-corrected chi connectivity index (χ2v) is 8.07. The van der Waals surface area contributed by atoms with Crippen molar-refractivity contribution in [2.75, 3.05) is 4.90 Å². The van der Waals surface area contributed by atoms with Crippen molar-refractivity contribution in [2.24, 2.45) is 0 Å². The molecule has 3 heterocycles. The number of nitrogens with zero attached hydrogens (tertiary/aromatic N) is 3. The van der Waals surface area contributed by atoms with Crippen LogP contribution in [0.25, 0.3) is 16.3 Å². The predicted octanol–water partition coefficient (Wildman–Crippen LogP) is 5.78. The van der Waals surface area contributed by atoms with Crippen molar-refractivity contribution in [1.29, 1.82) is 0 Å². The lowest BCUT2D eigenvalue weighted by Crippen LogP contribution is -2.46. The molecule has 0 radical (unpaired) electrons. The smallest absolute Gasteiger partial charge is 0.327 e. The second kappa shape index (κ2) is 8.01. The normalized spacial score (nSPS) is 16.4. The molecule has 4 aromatic rings. The molecule has 2 aromatic heterocycles. The monoisotopic (exact) mass is 450 g/mol. The van der Waals surface area contributed by atoms with Crippen LogP contribution in [0.5, 0.6) is 0 Å². The fourth-order valence-electron chi connectivity index (χ4n) is 3.69.